The maximum atomic E-state index is 12.7. The van der Waals surface area contributed by atoms with Crippen molar-refractivity contribution in [2.45, 2.75) is 33.1 Å². The van der Waals surface area contributed by atoms with E-state index in [0.717, 1.165) is 52.5 Å². The third-order valence-corrected chi connectivity index (χ3v) is 6.84. The smallest absolute Gasteiger partial charge is 0.300 e. The highest BCUT2D eigenvalue weighted by atomic mass is 16.5. The Hall–Kier alpha value is -4.10. The van der Waals surface area contributed by atoms with Gasteiger partial charge < -0.3 is 25.3 Å². The summed E-state index contributed by atoms with van der Waals surface area (Å²) in [5.41, 5.74) is 13.4. The molecule has 0 fully saturated rings. The van der Waals surface area contributed by atoms with E-state index in [1.165, 1.54) is 10.9 Å². The molecule has 0 atom stereocenters. The van der Waals surface area contributed by atoms with Crippen LogP contribution in [0.5, 0.6) is 11.8 Å². The number of hydrogen-bond acceptors (Lipinski definition) is 4. The number of nitrogens with one attached hydrogen (secondary N) is 2. The molecule has 190 valence electrons. The van der Waals surface area contributed by atoms with Crippen molar-refractivity contribution in [3.05, 3.63) is 77.5 Å². The second-order valence-electron chi connectivity index (χ2n) is 9.61. The number of unbranched alkanes of at least 4 members (excludes halogenated alkanes) is 2. The molecule has 5 aromatic rings. The molecule has 7 nitrogen and oxygen atoms in total. The van der Waals surface area contributed by atoms with Crippen LogP contribution in [0, 0.1) is 13.8 Å². The molecule has 0 aliphatic carbocycles. The lowest BCUT2D eigenvalue weighted by Gasteiger charge is -2.10. The number of aromatic nitrogens is 3. The second-order valence-corrected chi connectivity index (χ2v) is 9.61. The molecule has 1 amide bonds. The van der Waals surface area contributed by atoms with Gasteiger partial charge in [0.2, 0.25) is 0 Å². The summed E-state index contributed by atoms with van der Waals surface area (Å²) in [5, 5.41) is 4.20. The van der Waals surface area contributed by atoms with Crippen LogP contribution in [0.15, 0.2) is 60.8 Å². The van der Waals surface area contributed by atoms with E-state index in [1.807, 2.05) is 19.1 Å². The van der Waals surface area contributed by atoms with Crippen molar-refractivity contribution in [2.75, 3.05) is 13.1 Å². The van der Waals surface area contributed by atoms with Gasteiger partial charge in [0.15, 0.2) is 0 Å². The highest BCUT2D eigenvalue weighted by Crippen LogP contribution is 2.32. The van der Waals surface area contributed by atoms with Crippen molar-refractivity contribution in [1.29, 1.82) is 0 Å². The number of rotatable bonds is 9. The molecule has 0 bridgehead atoms. The van der Waals surface area contributed by atoms with Crippen LogP contribution in [0.3, 0.4) is 0 Å². The van der Waals surface area contributed by atoms with Crippen molar-refractivity contribution in [1.82, 2.24) is 19.9 Å². The zero-order chi connectivity index (χ0) is 25.9. The molecule has 37 heavy (non-hydrogen) atoms. The molecule has 0 aliphatic rings. The molecule has 7 heteroatoms. The van der Waals surface area contributed by atoms with Gasteiger partial charge in [-0.25, -0.2) is 0 Å². The van der Waals surface area contributed by atoms with Crippen LogP contribution in [-0.2, 0) is 7.05 Å². The van der Waals surface area contributed by atoms with Gasteiger partial charge in [0.1, 0.15) is 5.75 Å². The largest absolute Gasteiger partial charge is 0.426 e. The molecule has 0 radical (unpaired) electrons. The van der Waals surface area contributed by atoms with Crippen LogP contribution in [0.4, 0.5) is 0 Å². The molecule has 5 rings (SSSR count). The van der Waals surface area contributed by atoms with Crippen molar-refractivity contribution < 1.29 is 9.53 Å². The minimum absolute atomic E-state index is 0.101. The fourth-order valence-electron chi connectivity index (χ4n) is 4.71. The maximum absolute atomic E-state index is 12.7. The van der Waals surface area contributed by atoms with E-state index in [-0.39, 0.29) is 5.91 Å². The van der Waals surface area contributed by atoms with Gasteiger partial charge in [0, 0.05) is 36.3 Å². The number of imidazole rings is 1. The minimum atomic E-state index is -0.101. The van der Waals surface area contributed by atoms with Crippen LogP contribution < -0.4 is 15.8 Å². The van der Waals surface area contributed by atoms with Crippen molar-refractivity contribution in [2.24, 2.45) is 12.8 Å². The van der Waals surface area contributed by atoms with E-state index >= 15 is 0 Å². The van der Waals surface area contributed by atoms with E-state index in [4.69, 9.17) is 10.5 Å². The molecule has 3 aromatic carbocycles. The number of hydrogen-bond donors (Lipinski definition) is 3. The van der Waals surface area contributed by atoms with Crippen LogP contribution in [-0.4, -0.2) is 33.5 Å². The highest BCUT2D eigenvalue weighted by molar-refractivity contribution is 5.96. The molecular formula is C30H33N5O2. The number of carbonyl (C=O) groups excluding carboxylic acids is 1. The molecule has 0 spiro atoms. The molecule has 0 aliphatic heterocycles. The highest BCUT2D eigenvalue weighted by Gasteiger charge is 2.14. The summed E-state index contributed by atoms with van der Waals surface area (Å²) < 4.78 is 8.17. The SMILES string of the molecule is Cc1ccc(Oc2nc3cc(-c4ccc5c(ccn5C)c4)c(C)cc3[nH]2)cc1C(=O)NCCCCCN. The lowest BCUT2D eigenvalue weighted by molar-refractivity contribution is 0.0952. The first kappa shape index (κ1) is 24.6. The quantitative estimate of drug-likeness (QED) is 0.219. The third kappa shape index (κ3) is 5.22. The first-order chi connectivity index (χ1) is 17.9. The third-order valence-electron chi connectivity index (χ3n) is 6.84. The number of amides is 1. The summed E-state index contributed by atoms with van der Waals surface area (Å²) in [6.45, 7) is 5.34. The van der Waals surface area contributed by atoms with Gasteiger partial charge in [0.05, 0.1) is 11.0 Å². The Bertz CT molecular complexity index is 1580. The predicted molar refractivity (Wildman–Crippen MR) is 149 cm³/mol. The summed E-state index contributed by atoms with van der Waals surface area (Å²) in [7, 11) is 2.05. The fourth-order valence-corrected chi connectivity index (χ4v) is 4.71. The van der Waals surface area contributed by atoms with Crippen molar-refractivity contribution >= 4 is 27.8 Å². The van der Waals surface area contributed by atoms with E-state index in [2.05, 4.69) is 76.4 Å². The Balaban J connectivity index is 1.36. The van der Waals surface area contributed by atoms with Gasteiger partial charge in [-0.2, -0.15) is 4.98 Å². The average molecular weight is 496 g/mol. The van der Waals surface area contributed by atoms with E-state index in [0.29, 0.717) is 30.4 Å². The first-order valence-corrected chi connectivity index (χ1v) is 12.8. The number of aryl methyl sites for hydroxylation is 3. The molecule has 4 N–H and O–H groups in total. The Kier molecular flexibility index (Phi) is 6.97. The van der Waals surface area contributed by atoms with Gasteiger partial charge in [-0.3, -0.25) is 4.79 Å². The molecule has 0 saturated heterocycles. The number of nitrogens with zero attached hydrogens (tertiary/aromatic N) is 2. The standard InChI is InChI=1S/C30H33N5O2/c1-19-7-9-23(17-25(19)29(36)32-13-6-4-5-12-31)37-30-33-26-15-20(2)24(18-27(26)34-30)21-8-10-28-22(16-21)11-14-35(28)3/h7-11,14-18H,4-6,12-13,31H2,1-3H3,(H,32,36)(H,33,34). The number of carbonyl (C=O) groups is 1. The van der Waals surface area contributed by atoms with Gasteiger partial charge >= 0.3 is 0 Å². The zero-order valence-corrected chi connectivity index (χ0v) is 21.6. The van der Waals surface area contributed by atoms with E-state index in [9.17, 15) is 4.79 Å². The van der Waals surface area contributed by atoms with Crippen LogP contribution in [0.2, 0.25) is 0 Å². The summed E-state index contributed by atoms with van der Waals surface area (Å²) in [6.07, 6.45) is 4.97. The monoisotopic (exact) mass is 495 g/mol. The van der Waals surface area contributed by atoms with Crippen LogP contribution in [0.1, 0.15) is 40.7 Å². The maximum Gasteiger partial charge on any atom is 0.300 e. The lowest BCUT2D eigenvalue weighted by atomic mass is 9.99. The molecule has 2 aromatic heterocycles. The second kappa shape index (κ2) is 10.5. The number of aromatic amines is 1. The van der Waals surface area contributed by atoms with Crippen molar-refractivity contribution in [3.8, 4) is 22.9 Å². The van der Waals surface area contributed by atoms with Crippen molar-refractivity contribution in [3.63, 3.8) is 0 Å². The van der Waals surface area contributed by atoms with Gasteiger partial charge in [-0.15, -0.1) is 0 Å². The summed E-state index contributed by atoms with van der Waals surface area (Å²) in [4.78, 5) is 20.7. The number of fused-ring (bicyclic) bond motifs is 2. The Morgan fingerprint density at radius 2 is 1.89 bits per heavy atom. The summed E-state index contributed by atoms with van der Waals surface area (Å²) in [6, 6.07) is 18.7. The van der Waals surface area contributed by atoms with Crippen LogP contribution >= 0.6 is 0 Å². The van der Waals surface area contributed by atoms with E-state index in [1.54, 1.807) is 6.07 Å². The number of benzene rings is 3. The zero-order valence-electron chi connectivity index (χ0n) is 21.6. The topological polar surface area (TPSA) is 98.0 Å². The lowest BCUT2D eigenvalue weighted by Crippen LogP contribution is -2.25. The van der Waals surface area contributed by atoms with Gasteiger partial charge in [-0.05, 0) is 98.0 Å². The predicted octanol–water partition coefficient (Wildman–Crippen LogP) is 5.99. The number of ether oxygens (including phenoxy) is 1. The van der Waals surface area contributed by atoms with Crippen LogP contribution in [0.25, 0.3) is 33.1 Å². The van der Waals surface area contributed by atoms with Gasteiger partial charge in [0.25, 0.3) is 11.9 Å². The molecular weight excluding hydrogens is 462 g/mol. The Morgan fingerprint density at radius 1 is 1.03 bits per heavy atom. The normalized spacial score (nSPS) is 11.4. The Morgan fingerprint density at radius 3 is 2.73 bits per heavy atom. The first-order valence-electron chi connectivity index (χ1n) is 12.8. The summed E-state index contributed by atoms with van der Waals surface area (Å²) in [5.74, 6) is 0.459. The minimum Gasteiger partial charge on any atom is -0.426 e. The Labute approximate surface area is 216 Å². The number of H-pyrrole nitrogens is 1. The van der Waals surface area contributed by atoms with Gasteiger partial charge in [-0.1, -0.05) is 18.6 Å². The fraction of sp³-hybridized carbons (Fsp3) is 0.267. The molecule has 0 saturated carbocycles. The van der Waals surface area contributed by atoms with E-state index < -0.39 is 0 Å². The average Bonchev–Trinajstić information content (AvgIpc) is 3.46. The summed E-state index contributed by atoms with van der Waals surface area (Å²) >= 11 is 0. The molecule has 0 unspecified atom stereocenters. The number of nitrogens with two attached hydrogens (primary N) is 1. The molecule has 2 heterocycles.